The van der Waals surface area contributed by atoms with Crippen molar-refractivity contribution >= 4 is 13.9 Å². The summed E-state index contributed by atoms with van der Waals surface area (Å²) in [5.74, 6) is 4.25. The Balaban J connectivity index is 2.10. The molecule has 0 saturated heterocycles. The van der Waals surface area contributed by atoms with Crippen LogP contribution in [-0.2, 0) is 23.7 Å². The van der Waals surface area contributed by atoms with E-state index in [1.165, 1.54) is 11.3 Å². The zero-order valence-electron chi connectivity index (χ0n) is 16.2. The third-order valence-corrected chi connectivity index (χ3v) is 7.03. The van der Waals surface area contributed by atoms with Gasteiger partial charge in [-0.2, -0.15) is 5.10 Å². The molecule has 130 valence electrons. The van der Waals surface area contributed by atoms with Crippen molar-refractivity contribution in [3.05, 3.63) is 17.0 Å². The highest BCUT2D eigenvalue weighted by Gasteiger charge is 2.55. The first-order valence-corrected chi connectivity index (χ1v) is 12.6. The fourth-order valence-corrected chi connectivity index (χ4v) is 5.27. The van der Waals surface area contributed by atoms with Crippen LogP contribution < -0.4 is 0 Å². The van der Waals surface area contributed by atoms with Crippen LogP contribution in [0.4, 0.5) is 0 Å². The largest absolute Gasteiger partial charge is 0.299 e. The normalized spacial score (nSPS) is 28.6. The number of carbonyl (C=O) groups excluding carboxylic acids is 1. The van der Waals surface area contributed by atoms with Gasteiger partial charge in [0.1, 0.15) is 19.6 Å². The molecular formula is C20H30N2OSi. The zero-order chi connectivity index (χ0) is 17.9. The number of carbonyl (C=O) groups is 1. The van der Waals surface area contributed by atoms with E-state index in [-0.39, 0.29) is 10.8 Å². The second kappa shape index (κ2) is 5.33. The molecule has 0 unspecified atom stereocenters. The fraction of sp³-hybridized carbons (Fsp3) is 0.700. The van der Waals surface area contributed by atoms with Crippen molar-refractivity contribution in [3.8, 4) is 11.5 Å². The number of Topliss-reactive ketones (excluding diaryl/α,β-unsaturated/α-hetero) is 1. The third-order valence-electron chi connectivity index (χ3n) is 6.16. The summed E-state index contributed by atoms with van der Waals surface area (Å²) in [6, 6.07) is 0. The Hall–Kier alpha value is -1.34. The van der Waals surface area contributed by atoms with Crippen molar-refractivity contribution in [2.45, 2.75) is 71.5 Å². The molecule has 0 bridgehead atoms. The van der Waals surface area contributed by atoms with Crippen molar-refractivity contribution in [2.75, 3.05) is 0 Å². The Bertz CT molecular complexity index is 757. The summed E-state index contributed by atoms with van der Waals surface area (Å²) in [5, 5.41) is 4.92. The minimum Gasteiger partial charge on any atom is -0.299 e. The van der Waals surface area contributed by atoms with Gasteiger partial charge in [0, 0.05) is 29.9 Å². The van der Waals surface area contributed by atoms with Gasteiger partial charge in [-0.25, -0.2) is 0 Å². The number of fused-ring (bicyclic) bond motifs is 3. The number of rotatable bonds is 0. The van der Waals surface area contributed by atoms with Gasteiger partial charge in [-0.1, -0.05) is 46.3 Å². The molecule has 24 heavy (non-hydrogen) atoms. The van der Waals surface area contributed by atoms with E-state index in [9.17, 15) is 4.79 Å². The molecule has 0 spiro atoms. The van der Waals surface area contributed by atoms with Gasteiger partial charge in [0.15, 0.2) is 0 Å². The highest BCUT2D eigenvalue weighted by Crippen LogP contribution is 2.55. The summed E-state index contributed by atoms with van der Waals surface area (Å²) in [5.41, 5.74) is 6.90. The molecule has 0 amide bonds. The smallest absolute Gasteiger partial charge is 0.138 e. The van der Waals surface area contributed by atoms with Crippen LogP contribution >= 0.6 is 0 Å². The average Bonchev–Trinajstić information content (AvgIpc) is 2.78. The van der Waals surface area contributed by atoms with Crippen LogP contribution in [-0.4, -0.2) is 23.6 Å². The number of hydrogen-bond acceptors (Lipinski definition) is 2. The second-order valence-electron chi connectivity index (χ2n) is 9.45. The molecule has 1 fully saturated rings. The molecule has 2 atom stereocenters. The Morgan fingerprint density at radius 1 is 1.21 bits per heavy atom. The lowest BCUT2D eigenvalue weighted by molar-refractivity contribution is -0.137. The lowest BCUT2D eigenvalue weighted by Gasteiger charge is -2.51. The summed E-state index contributed by atoms with van der Waals surface area (Å²) in [4.78, 5) is 12.5. The zero-order valence-corrected chi connectivity index (χ0v) is 17.2. The third kappa shape index (κ3) is 2.58. The van der Waals surface area contributed by atoms with E-state index in [1.807, 2.05) is 11.7 Å². The molecule has 4 heteroatoms. The lowest BCUT2D eigenvalue weighted by Crippen LogP contribution is -2.52. The predicted octanol–water partition coefficient (Wildman–Crippen LogP) is 3.86. The molecule has 3 nitrogen and oxygen atoms in total. The van der Waals surface area contributed by atoms with Crippen molar-refractivity contribution < 1.29 is 4.79 Å². The quantitative estimate of drug-likeness (QED) is 0.530. The standard InChI is InChI=1S/C20H30N2OSi/c1-19(2)16-9-8-14-15(11-13-24(5,6)7)22(4)21-18(14)20(16,3)12-10-17(19)23/h16H,8-10,12H2,1-7H3/t16-,20-/m0/s1. The molecule has 0 radical (unpaired) electrons. The molecule has 1 heterocycles. The van der Waals surface area contributed by atoms with E-state index >= 15 is 0 Å². The molecule has 0 aliphatic heterocycles. The SMILES string of the molecule is Cn1nc2c(c1C#C[Si](C)(C)C)CC[C@H]1C(C)(C)C(=O)CC[C@]21C. The van der Waals surface area contributed by atoms with Gasteiger partial charge in [0.25, 0.3) is 0 Å². The Kier molecular flexibility index (Phi) is 3.88. The molecule has 1 aromatic rings. The van der Waals surface area contributed by atoms with Crippen molar-refractivity contribution in [1.29, 1.82) is 0 Å². The lowest BCUT2D eigenvalue weighted by atomic mass is 9.51. The Labute approximate surface area is 147 Å². The maximum Gasteiger partial charge on any atom is 0.138 e. The van der Waals surface area contributed by atoms with Crippen LogP contribution in [0.5, 0.6) is 0 Å². The van der Waals surface area contributed by atoms with E-state index in [2.05, 4.69) is 51.9 Å². The summed E-state index contributed by atoms with van der Waals surface area (Å²) in [7, 11) is 0.604. The first-order chi connectivity index (χ1) is 11.0. The molecule has 0 N–H and O–H groups in total. The van der Waals surface area contributed by atoms with Gasteiger partial charge in [0.05, 0.1) is 5.69 Å². The average molecular weight is 343 g/mol. The second-order valence-corrected chi connectivity index (χ2v) is 14.2. The van der Waals surface area contributed by atoms with E-state index in [0.717, 1.165) is 25.0 Å². The maximum absolute atomic E-state index is 12.5. The van der Waals surface area contributed by atoms with Crippen LogP contribution in [0.3, 0.4) is 0 Å². The van der Waals surface area contributed by atoms with Gasteiger partial charge in [0.2, 0.25) is 0 Å². The van der Waals surface area contributed by atoms with Crippen LogP contribution in [0.25, 0.3) is 0 Å². The van der Waals surface area contributed by atoms with Crippen molar-refractivity contribution in [1.82, 2.24) is 9.78 Å². The molecule has 3 rings (SSSR count). The monoisotopic (exact) mass is 342 g/mol. The van der Waals surface area contributed by atoms with Crippen molar-refractivity contribution in [3.63, 3.8) is 0 Å². The van der Waals surface area contributed by atoms with Crippen LogP contribution in [0.2, 0.25) is 19.6 Å². The molecule has 1 aromatic heterocycles. The fourth-order valence-electron chi connectivity index (χ4n) is 4.78. The van der Waals surface area contributed by atoms with Gasteiger partial charge in [-0.3, -0.25) is 9.48 Å². The highest BCUT2D eigenvalue weighted by molar-refractivity contribution is 6.83. The number of aryl methyl sites for hydroxylation is 1. The Morgan fingerprint density at radius 3 is 2.50 bits per heavy atom. The number of ketones is 1. The number of hydrogen-bond donors (Lipinski definition) is 0. The van der Waals surface area contributed by atoms with Gasteiger partial charge in [-0.05, 0) is 25.2 Å². The number of nitrogens with zero attached hydrogens (tertiary/aromatic N) is 2. The topological polar surface area (TPSA) is 34.9 Å². The maximum atomic E-state index is 12.5. The number of aromatic nitrogens is 2. The first kappa shape index (κ1) is 17.5. The van der Waals surface area contributed by atoms with Crippen molar-refractivity contribution in [2.24, 2.45) is 18.4 Å². The highest BCUT2D eigenvalue weighted by atomic mass is 28.3. The van der Waals surface area contributed by atoms with E-state index in [4.69, 9.17) is 5.10 Å². The summed E-state index contributed by atoms with van der Waals surface area (Å²) >= 11 is 0. The van der Waals surface area contributed by atoms with Gasteiger partial charge in [-0.15, -0.1) is 5.54 Å². The van der Waals surface area contributed by atoms with E-state index < -0.39 is 8.07 Å². The molecule has 2 aliphatic carbocycles. The summed E-state index contributed by atoms with van der Waals surface area (Å²) in [6.07, 6.45) is 3.65. The van der Waals surface area contributed by atoms with E-state index in [0.29, 0.717) is 18.1 Å². The van der Waals surface area contributed by atoms with Crippen LogP contribution in [0, 0.1) is 22.8 Å². The van der Waals surface area contributed by atoms with Gasteiger partial charge < -0.3 is 0 Å². The minimum absolute atomic E-state index is 0.00183. The predicted molar refractivity (Wildman–Crippen MR) is 101 cm³/mol. The summed E-state index contributed by atoms with van der Waals surface area (Å²) < 4.78 is 1.98. The molecular weight excluding hydrogens is 312 g/mol. The Morgan fingerprint density at radius 2 is 1.88 bits per heavy atom. The summed E-state index contributed by atoms with van der Waals surface area (Å²) in [6.45, 7) is 13.4. The van der Waals surface area contributed by atoms with Crippen LogP contribution in [0.15, 0.2) is 0 Å². The molecule has 0 aromatic carbocycles. The first-order valence-electron chi connectivity index (χ1n) is 9.09. The minimum atomic E-state index is -1.41. The van der Waals surface area contributed by atoms with E-state index in [1.54, 1.807) is 0 Å². The molecule has 1 saturated carbocycles. The van der Waals surface area contributed by atoms with Gasteiger partial charge >= 0.3 is 0 Å². The van der Waals surface area contributed by atoms with Crippen LogP contribution in [0.1, 0.15) is 57.0 Å². The molecule has 2 aliphatic rings.